The van der Waals surface area contributed by atoms with E-state index in [1.165, 1.54) is 0 Å². The van der Waals surface area contributed by atoms with Crippen molar-refractivity contribution >= 4 is 11.9 Å². The van der Waals surface area contributed by atoms with Crippen molar-refractivity contribution in [3.05, 3.63) is 29.8 Å². The van der Waals surface area contributed by atoms with E-state index in [4.69, 9.17) is 9.47 Å². The van der Waals surface area contributed by atoms with Crippen molar-refractivity contribution < 1.29 is 24.2 Å². The number of para-hydroxylation sites is 1. The molecule has 0 radical (unpaired) electrons. The Morgan fingerprint density at radius 1 is 1.28 bits per heavy atom. The molecule has 1 aromatic carbocycles. The van der Waals surface area contributed by atoms with Crippen molar-refractivity contribution in [2.75, 3.05) is 20.3 Å². The minimum atomic E-state index is -0.930. The molecule has 0 bridgehead atoms. The molecule has 25 heavy (non-hydrogen) atoms. The molecule has 2 N–H and O–H groups in total. The lowest BCUT2D eigenvalue weighted by Crippen LogP contribution is -2.45. The zero-order valence-electron chi connectivity index (χ0n) is 14.4. The highest BCUT2D eigenvalue weighted by Gasteiger charge is 2.52. The smallest absolute Gasteiger partial charge is 0.325 e. The van der Waals surface area contributed by atoms with E-state index in [0.29, 0.717) is 18.6 Å². The maximum atomic E-state index is 12.5. The summed E-state index contributed by atoms with van der Waals surface area (Å²) in [4.78, 5) is 25.7. The van der Waals surface area contributed by atoms with Crippen molar-refractivity contribution in [3.8, 4) is 5.75 Å². The number of carbonyl (C=O) groups excluding carboxylic acids is 2. The number of nitrogens with zero attached hydrogens (tertiary/aromatic N) is 1. The first-order chi connectivity index (χ1) is 12.1. The summed E-state index contributed by atoms with van der Waals surface area (Å²) in [6.45, 7) is 0.256. The molecule has 1 aliphatic heterocycles. The van der Waals surface area contributed by atoms with Crippen molar-refractivity contribution in [1.82, 2.24) is 10.2 Å². The van der Waals surface area contributed by atoms with E-state index in [1.54, 1.807) is 7.11 Å². The van der Waals surface area contributed by atoms with Crippen molar-refractivity contribution in [1.29, 1.82) is 0 Å². The number of amides is 3. The molecular formula is C18H24N2O5. The van der Waals surface area contributed by atoms with Crippen molar-refractivity contribution in [3.63, 3.8) is 0 Å². The minimum Gasteiger partial charge on any atom is -0.496 e. The molecule has 7 heteroatoms. The molecule has 0 aromatic heterocycles. The zero-order valence-corrected chi connectivity index (χ0v) is 14.4. The van der Waals surface area contributed by atoms with Crippen LogP contribution in [0.4, 0.5) is 4.79 Å². The average molecular weight is 348 g/mol. The first-order valence-corrected chi connectivity index (χ1v) is 8.57. The number of nitrogens with one attached hydrogen (secondary N) is 1. The summed E-state index contributed by atoms with van der Waals surface area (Å²) in [7, 11) is 1.59. The number of benzene rings is 1. The fourth-order valence-electron chi connectivity index (χ4n) is 3.55. The number of β-amino-alcohol motifs (C(OH)–C–C–N with tert-alkyl or cyclic N) is 1. The van der Waals surface area contributed by atoms with Gasteiger partial charge in [-0.2, -0.15) is 0 Å². The Hall–Kier alpha value is -2.12. The summed E-state index contributed by atoms with van der Waals surface area (Å²) < 4.78 is 10.8. The average Bonchev–Trinajstić information content (AvgIpc) is 3.16. The molecule has 2 aliphatic rings. The van der Waals surface area contributed by atoms with Crippen LogP contribution in [-0.4, -0.2) is 53.8 Å². The number of carbonyl (C=O) groups is 2. The molecule has 136 valence electrons. The highest BCUT2D eigenvalue weighted by atomic mass is 16.5. The van der Waals surface area contributed by atoms with E-state index < -0.39 is 17.7 Å². The van der Waals surface area contributed by atoms with Crippen molar-refractivity contribution in [2.45, 2.75) is 43.9 Å². The maximum absolute atomic E-state index is 12.5. The fraction of sp³-hybridized carbons (Fsp3) is 0.556. The number of methoxy groups -OCH3 is 1. The number of hydrogen-bond acceptors (Lipinski definition) is 5. The van der Waals surface area contributed by atoms with Gasteiger partial charge in [0, 0.05) is 5.56 Å². The monoisotopic (exact) mass is 348 g/mol. The third-order valence-corrected chi connectivity index (χ3v) is 4.86. The fourth-order valence-corrected chi connectivity index (χ4v) is 3.55. The van der Waals surface area contributed by atoms with Crippen molar-refractivity contribution in [2.24, 2.45) is 0 Å². The van der Waals surface area contributed by atoms with Gasteiger partial charge in [0.15, 0.2) is 0 Å². The lowest BCUT2D eigenvalue weighted by Gasteiger charge is -2.21. The molecule has 1 aromatic rings. The Morgan fingerprint density at radius 2 is 2.00 bits per heavy atom. The lowest BCUT2D eigenvalue weighted by molar-refractivity contribution is -0.132. The molecule has 1 atom stereocenters. The molecule has 7 nitrogen and oxygen atoms in total. The van der Waals surface area contributed by atoms with Gasteiger partial charge in [-0.1, -0.05) is 31.0 Å². The molecule has 1 heterocycles. The summed E-state index contributed by atoms with van der Waals surface area (Å²) in [5.74, 6) is 0.494. The van der Waals surface area contributed by atoms with Crippen LogP contribution >= 0.6 is 0 Å². The summed E-state index contributed by atoms with van der Waals surface area (Å²) >= 11 is 0. The lowest BCUT2D eigenvalue weighted by atomic mass is 9.98. The zero-order chi connectivity index (χ0) is 17.9. The van der Waals surface area contributed by atoms with E-state index in [9.17, 15) is 14.7 Å². The Bertz CT molecular complexity index is 642. The van der Waals surface area contributed by atoms with E-state index >= 15 is 0 Å². The van der Waals surface area contributed by atoms with E-state index in [-0.39, 0.29) is 25.7 Å². The van der Waals surface area contributed by atoms with Gasteiger partial charge in [0.2, 0.25) is 0 Å². The van der Waals surface area contributed by atoms with Gasteiger partial charge >= 0.3 is 6.03 Å². The van der Waals surface area contributed by atoms with Crippen LogP contribution in [0.3, 0.4) is 0 Å². The van der Waals surface area contributed by atoms with Gasteiger partial charge in [-0.15, -0.1) is 0 Å². The first kappa shape index (κ1) is 17.7. The maximum Gasteiger partial charge on any atom is 0.325 e. The Kier molecular flexibility index (Phi) is 5.24. The first-order valence-electron chi connectivity index (χ1n) is 8.57. The second kappa shape index (κ2) is 7.41. The Morgan fingerprint density at radius 3 is 2.72 bits per heavy atom. The Labute approximate surface area is 146 Å². The van der Waals surface area contributed by atoms with Crippen LogP contribution in [0, 0.1) is 0 Å². The van der Waals surface area contributed by atoms with Gasteiger partial charge in [-0.25, -0.2) is 4.79 Å². The molecule has 2 fully saturated rings. The van der Waals surface area contributed by atoms with Gasteiger partial charge in [-0.3, -0.25) is 9.69 Å². The van der Waals surface area contributed by atoms with Crippen LogP contribution < -0.4 is 10.1 Å². The minimum absolute atomic E-state index is 0.0299. The molecule has 3 amide bonds. The summed E-state index contributed by atoms with van der Waals surface area (Å²) in [5.41, 5.74) is 0.131. The molecule has 1 saturated heterocycles. The van der Waals surface area contributed by atoms with Gasteiger partial charge in [0.05, 0.1) is 33.0 Å². The van der Waals surface area contributed by atoms with Gasteiger partial charge in [-0.05, 0) is 18.9 Å². The van der Waals surface area contributed by atoms with Gasteiger partial charge in [0.1, 0.15) is 11.3 Å². The van der Waals surface area contributed by atoms with Crippen LogP contribution in [0.5, 0.6) is 5.75 Å². The van der Waals surface area contributed by atoms with Crippen LogP contribution in [0.2, 0.25) is 0 Å². The number of urea groups is 1. The number of aliphatic hydroxyl groups is 1. The number of hydrogen-bond donors (Lipinski definition) is 2. The number of aliphatic hydroxyl groups excluding tert-OH is 1. The standard InChI is InChI=1S/C18H24N2O5/c1-24-15-7-3-2-6-13(15)11-25-12-14(21)10-20-16(22)18(19-17(20)23)8-4-5-9-18/h2-3,6-7,14,21H,4-5,8-12H2,1H3,(H,19,23)/t14-/m0/s1. The van der Waals surface area contributed by atoms with Crippen LogP contribution in [-0.2, 0) is 16.1 Å². The number of ether oxygens (including phenoxy) is 2. The van der Waals surface area contributed by atoms with Gasteiger partial charge in [0.25, 0.3) is 5.91 Å². The van der Waals surface area contributed by atoms with Crippen LogP contribution in [0.1, 0.15) is 31.2 Å². The third kappa shape index (κ3) is 3.62. The number of rotatable bonds is 7. The molecular weight excluding hydrogens is 324 g/mol. The molecule has 1 saturated carbocycles. The van der Waals surface area contributed by atoms with Crippen LogP contribution in [0.25, 0.3) is 0 Å². The second-order valence-corrected chi connectivity index (χ2v) is 6.62. The van der Waals surface area contributed by atoms with E-state index in [1.807, 2.05) is 24.3 Å². The summed E-state index contributed by atoms with van der Waals surface area (Å²) in [6.07, 6.45) is 2.29. The topological polar surface area (TPSA) is 88.1 Å². The third-order valence-electron chi connectivity index (χ3n) is 4.86. The largest absolute Gasteiger partial charge is 0.496 e. The van der Waals surface area contributed by atoms with E-state index in [0.717, 1.165) is 23.3 Å². The second-order valence-electron chi connectivity index (χ2n) is 6.62. The predicted octanol–water partition coefficient (Wildman–Crippen LogP) is 1.44. The van der Waals surface area contributed by atoms with E-state index in [2.05, 4.69) is 5.32 Å². The SMILES string of the molecule is COc1ccccc1COC[C@@H](O)CN1C(=O)NC2(CCCC2)C1=O. The predicted molar refractivity (Wildman–Crippen MR) is 90.1 cm³/mol. The quantitative estimate of drug-likeness (QED) is 0.728. The molecule has 3 rings (SSSR count). The van der Waals surface area contributed by atoms with Crippen LogP contribution in [0.15, 0.2) is 24.3 Å². The normalized spacial score (nSPS) is 20.2. The molecule has 1 spiro atoms. The molecule has 1 aliphatic carbocycles. The summed E-state index contributed by atoms with van der Waals surface area (Å²) in [5, 5.41) is 13.0. The molecule has 0 unspecified atom stereocenters. The van der Waals surface area contributed by atoms with Gasteiger partial charge < -0.3 is 19.9 Å². The highest BCUT2D eigenvalue weighted by molar-refractivity contribution is 6.07. The Balaban J connectivity index is 1.50. The highest BCUT2D eigenvalue weighted by Crippen LogP contribution is 2.35. The summed E-state index contributed by atoms with van der Waals surface area (Å²) in [6, 6.07) is 7.05. The number of imide groups is 1.